The first-order chi connectivity index (χ1) is 9.58. The number of nitrogens with zero attached hydrogens (tertiary/aromatic N) is 2. The highest BCUT2D eigenvalue weighted by molar-refractivity contribution is 7.07. The van der Waals surface area contributed by atoms with Crippen molar-refractivity contribution < 1.29 is 9.72 Å². The number of anilines is 1. The third-order valence-corrected chi connectivity index (χ3v) is 3.28. The molecule has 2 aromatic rings. The molecule has 7 nitrogen and oxygen atoms in total. The first kappa shape index (κ1) is 13.9. The second-order valence-electron chi connectivity index (χ2n) is 4.01. The SMILES string of the molecule is Nc1ccc([N+](=O)[O-])cc1C(=O)NCCc1cscn1. The number of nitro groups is 1. The summed E-state index contributed by atoms with van der Waals surface area (Å²) in [5.41, 5.74) is 8.43. The molecule has 8 heteroatoms. The summed E-state index contributed by atoms with van der Waals surface area (Å²) in [4.78, 5) is 26.1. The average molecular weight is 292 g/mol. The zero-order valence-corrected chi connectivity index (χ0v) is 11.2. The number of thiazole rings is 1. The van der Waals surface area contributed by atoms with Gasteiger partial charge in [-0.1, -0.05) is 0 Å². The molecule has 2 rings (SSSR count). The van der Waals surface area contributed by atoms with Crippen LogP contribution >= 0.6 is 11.3 Å². The molecule has 0 aliphatic rings. The van der Waals surface area contributed by atoms with Crippen LogP contribution in [0, 0.1) is 10.1 Å². The van der Waals surface area contributed by atoms with E-state index in [0.717, 1.165) is 5.69 Å². The van der Waals surface area contributed by atoms with Crippen molar-refractivity contribution in [3.63, 3.8) is 0 Å². The molecule has 0 unspecified atom stereocenters. The van der Waals surface area contributed by atoms with Crippen LogP contribution in [0.3, 0.4) is 0 Å². The van der Waals surface area contributed by atoms with Crippen molar-refractivity contribution in [2.75, 3.05) is 12.3 Å². The number of nitrogens with one attached hydrogen (secondary N) is 1. The Morgan fingerprint density at radius 1 is 1.50 bits per heavy atom. The first-order valence-corrected chi connectivity index (χ1v) is 6.71. The zero-order chi connectivity index (χ0) is 14.5. The minimum Gasteiger partial charge on any atom is -0.398 e. The van der Waals surface area contributed by atoms with Crippen molar-refractivity contribution in [3.05, 3.63) is 50.5 Å². The van der Waals surface area contributed by atoms with E-state index < -0.39 is 10.8 Å². The zero-order valence-electron chi connectivity index (χ0n) is 10.4. The highest BCUT2D eigenvalue weighted by Crippen LogP contribution is 2.19. The molecule has 104 valence electrons. The minimum atomic E-state index is -0.564. The van der Waals surface area contributed by atoms with Crippen molar-refractivity contribution in [3.8, 4) is 0 Å². The Labute approximate surface area is 118 Å². The standard InChI is InChI=1S/C12H12N4O3S/c13-11-2-1-9(16(18)19)5-10(11)12(17)14-4-3-8-6-20-7-15-8/h1-2,5-7H,3-4,13H2,(H,14,17). The van der Waals surface area contributed by atoms with Gasteiger partial charge in [-0.25, -0.2) is 4.98 Å². The molecule has 0 radical (unpaired) electrons. The summed E-state index contributed by atoms with van der Waals surface area (Å²) in [5.74, 6) is -0.429. The lowest BCUT2D eigenvalue weighted by molar-refractivity contribution is -0.384. The molecule has 0 aliphatic heterocycles. The molecular formula is C12H12N4O3S. The summed E-state index contributed by atoms with van der Waals surface area (Å²) in [5, 5.41) is 15.2. The van der Waals surface area contributed by atoms with Crippen molar-refractivity contribution in [2.24, 2.45) is 0 Å². The van der Waals surface area contributed by atoms with Crippen LogP contribution in [0.5, 0.6) is 0 Å². The van der Waals surface area contributed by atoms with E-state index >= 15 is 0 Å². The van der Waals surface area contributed by atoms with Gasteiger partial charge in [0.25, 0.3) is 11.6 Å². The molecule has 20 heavy (non-hydrogen) atoms. The summed E-state index contributed by atoms with van der Waals surface area (Å²) >= 11 is 1.48. The number of amides is 1. The normalized spacial score (nSPS) is 10.2. The fraction of sp³-hybridized carbons (Fsp3) is 0.167. The number of rotatable bonds is 5. The van der Waals surface area contributed by atoms with Gasteiger partial charge in [0, 0.05) is 36.2 Å². The van der Waals surface area contributed by atoms with E-state index in [1.165, 1.54) is 29.5 Å². The molecule has 0 fully saturated rings. The number of benzene rings is 1. The van der Waals surface area contributed by atoms with Gasteiger partial charge < -0.3 is 11.1 Å². The molecule has 0 aliphatic carbocycles. The van der Waals surface area contributed by atoms with Crippen LogP contribution in [-0.4, -0.2) is 22.4 Å². The Balaban J connectivity index is 2.01. The van der Waals surface area contributed by atoms with Gasteiger partial charge >= 0.3 is 0 Å². The van der Waals surface area contributed by atoms with Crippen molar-refractivity contribution >= 4 is 28.6 Å². The molecule has 3 N–H and O–H groups in total. The number of hydrogen-bond donors (Lipinski definition) is 2. The van der Waals surface area contributed by atoms with E-state index in [4.69, 9.17) is 5.73 Å². The molecular weight excluding hydrogens is 280 g/mol. The fourth-order valence-electron chi connectivity index (χ4n) is 1.61. The molecule has 1 aromatic heterocycles. The Morgan fingerprint density at radius 2 is 2.30 bits per heavy atom. The Hall–Kier alpha value is -2.48. The van der Waals surface area contributed by atoms with Gasteiger partial charge in [0.05, 0.1) is 21.7 Å². The van der Waals surface area contributed by atoms with Crippen LogP contribution in [-0.2, 0) is 6.42 Å². The molecule has 1 aromatic carbocycles. The molecule has 0 saturated carbocycles. The van der Waals surface area contributed by atoms with E-state index in [9.17, 15) is 14.9 Å². The van der Waals surface area contributed by atoms with Crippen molar-refractivity contribution in [2.45, 2.75) is 6.42 Å². The van der Waals surface area contributed by atoms with E-state index in [1.54, 1.807) is 5.51 Å². The maximum Gasteiger partial charge on any atom is 0.270 e. The first-order valence-electron chi connectivity index (χ1n) is 5.77. The Bertz CT molecular complexity index is 628. The smallest absolute Gasteiger partial charge is 0.270 e. The van der Waals surface area contributed by atoms with Crippen LogP contribution in [0.1, 0.15) is 16.1 Å². The molecule has 0 bridgehead atoms. The second kappa shape index (κ2) is 6.11. The monoisotopic (exact) mass is 292 g/mol. The summed E-state index contributed by atoms with van der Waals surface area (Å²) in [6.07, 6.45) is 0.601. The summed E-state index contributed by atoms with van der Waals surface area (Å²) in [6, 6.07) is 3.79. The van der Waals surface area contributed by atoms with E-state index in [0.29, 0.717) is 13.0 Å². The van der Waals surface area contributed by atoms with Crippen LogP contribution in [0.2, 0.25) is 0 Å². The maximum atomic E-state index is 11.9. The van der Waals surface area contributed by atoms with Gasteiger partial charge in [0.2, 0.25) is 0 Å². The highest BCUT2D eigenvalue weighted by atomic mass is 32.1. The van der Waals surface area contributed by atoms with Gasteiger partial charge in [-0.15, -0.1) is 11.3 Å². The highest BCUT2D eigenvalue weighted by Gasteiger charge is 2.14. The van der Waals surface area contributed by atoms with Gasteiger partial charge in [-0.05, 0) is 6.07 Å². The number of carbonyl (C=O) groups excluding carboxylic acids is 1. The number of carbonyl (C=O) groups is 1. The molecule has 0 saturated heterocycles. The predicted octanol–water partition coefficient (Wildman–Crippen LogP) is 1.61. The number of nitro benzene ring substituents is 1. The Morgan fingerprint density at radius 3 is 2.95 bits per heavy atom. The van der Waals surface area contributed by atoms with E-state index in [1.807, 2.05) is 5.38 Å². The number of nitrogen functional groups attached to an aromatic ring is 1. The molecule has 1 amide bonds. The van der Waals surface area contributed by atoms with Crippen LogP contribution < -0.4 is 11.1 Å². The van der Waals surface area contributed by atoms with Crippen molar-refractivity contribution in [1.29, 1.82) is 0 Å². The number of non-ortho nitro benzene ring substituents is 1. The summed E-state index contributed by atoms with van der Waals surface area (Å²) in [6.45, 7) is 0.394. The third-order valence-electron chi connectivity index (χ3n) is 2.64. The molecule has 1 heterocycles. The topological polar surface area (TPSA) is 111 Å². The van der Waals surface area contributed by atoms with Gasteiger partial charge in [-0.3, -0.25) is 14.9 Å². The second-order valence-corrected chi connectivity index (χ2v) is 4.73. The van der Waals surface area contributed by atoms with Gasteiger partial charge in [0.1, 0.15) is 0 Å². The predicted molar refractivity (Wildman–Crippen MR) is 75.7 cm³/mol. The third kappa shape index (κ3) is 3.29. The Kier molecular flexibility index (Phi) is 4.26. The average Bonchev–Trinajstić information content (AvgIpc) is 2.92. The molecule has 0 atom stereocenters. The lowest BCUT2D eigenvalue weighted by Gasteiger charge is -2.06. The van der Waals surface area contributed by atoms with Gasteiger partial charge in [0.15, 0.2) is 0 Å². The van der Waals surface area contributed by atoms with Crippen LogP contribution in [0.4, 0.5) is 11.4 Å². The van der Waals surface area contributed by atoms with E-state index in [-0.39, 0.29) is 16.9 Å². The fourth-order valence-corrected chi connectivity index (χ4v) is 2.21. The van der Waals surface area contributed by atoms with Crippen LogP contribution in [0.25, 0.3) is 0 Å². The lowest BCUT2D eigenvalue weighted by atomic mass is 10.1. The van der Waals surface area contributed by atoms with E-state index in [2.05, 4.69) is 10.3 Å². The van der Waals surface area contributed by atoms with Crippen molar-refractivity contribution in [1.82, 2.24) is 10.3 Å². The maximum absolute atomic E-state index is 11.9. The lowest BCUT2D eigenvalue weighted by Crippen LogP contribution is -2.26. The number of nitrogens with two attached hydrogens (primary N) is 1. The summed E-state index contributed by atoms with van der Waals surface area (Å²) < 4.78 is 0. The minimum absolute atomic E-state index is 0.109. The molecule has 0 spiro atoms. The largest absolute Gasteiger partial charge is 0.398 e. The number of aromatic nitrogens is 1. The van der Waals surface area contributed by atoms with Crippen LogP contribution in [0.15, 0.2) is 29.1 Å². The van der Waals surface area contributed by atoms with Gasteiger partial charge in [-0.2, -0.15) is 0 Å². The quantitative estimate of drug-likeness (QED) is 0.494. The summed E-state index contributed by atoms with van der Waals surface area (Å²) in [7, 11) is 0. The number of hydrogen-bond acceptors (Lipinski definition) is 6.